The number of hydrogen-bond donors (Lipinski definition) is 0. The summed E-state index contributed by atoms with van der Waals surface area (Å²) >= 11 is 8.43. The molecule has 0 rings (SSSR count). The number of alkyl halides is 5. The zero-order valence-electron chi connectivity index (χ0n) is 2.97. The van der Waals surface area contributed by atoms with Crippen LogP contribution in [0.5, 0.6) is 0 Å². The smallest absolute Gasteiger partial charge is 0.204 e. The lowest BCUT2D eigenvalue weighted by atomic mass is 10.8. The highest BCUT2D eigenvalue weighted by molar-refractivity contribution is 6.47. The van der Waals surface area contributed by atoms with Gasteiger partial charge in [0.15, 0.2) is 0 Å². The van der Waals surface area contributed by atoms with Gasteiger partial charge in [-0.3, -0.25) is 0 Å². The highest BCUT2D eigenvalue weighted by Gasteiger charge is 2.34. The molecule has 0 radical (unpaired) electrons. The first-order valence-electron chi connectivity index (χ1n) is 1.29. The van der Waals surface area contributed by atoms with Gasteiger partial charge in [-0.15, -0.1) is 0 Å². The molecule has 0 N–H and O–H groups in total. The first-order chi connectivity index (χ1) is 2.94. The van der Waals surface area contributed by atoms with E-state index in [9.17, 15) is 13.2 Å². The van der Waals surface area contributed by atoms with Crippen LogP contribution in [0.25, 0.3) is 0 Å². The summed E-state index contributed by atoms with van der Waals surface area (Å²) in [5.41, 5.74) is 0. The molecule has 0 aromatic rings. The molecule has 0 saturated carbocycles. The van der Waals surface area contributed by atoms with E-state index in [4.69, 9.17) is 0 Å². The van der Waals surface area contributed by atoms with Crippen LogP contribution in [-0.2, 0) is 0 Å². The second kappa shape index (κ2) is 2.09. The molecule has 44 valence electrons. The van der Waals surface area contributed by atoms with Crippen molar-refractivity contribution in [1.82, 2.24) is 0 Å². The summed E-state index contributed by atoms with van der Waals surface area (Å²) in [5, 5.41) is 0. The van der Waals surface area contributed by atoms with Crippen LogP contribution in [0, 0.1) is 0 Å². The van der Waals surface area contributed by atoms with E-state index >= 15 is 0 Å². The Kier molecular flexibility index (Phi) is 2.20. The van der Waals surface area contributed by atoms with E-state index in [1.165, 1.54) is 0 Å². The molecule has 0 unspecified atom stereocenters. The lowest BCUT2D eigenvalue weighted by molar-refractivity contribution is 0.0694. The maximum atomic E-state index is 11.3. The van der Waals surface area contributed by atoms with Crippen molar-refractivity contribution in [2.75, 3.05) is 0 Å². The highest BCUT2D eigenvalue weighted by atomic mass is 35.5. The van der Waals surface area contributed by atoms with E-state index in [2.05, 4.69) is 23.2 Å². The number of hydrogen-bond acceptors (Lipinski definition) is 0. The van der Waals surface area contributed by atoms with Crippen molar-refractivity contribution in [3.63, 3.8) is 0 Å². The molecule has 7 heavy (non-hydrogen) atoms. The molecule has 0 spiro atoms. The van der Waals surface area contributed by atoms with Crippen LogP contribution in [-0.4, -0.2) is 11.0 Å². The Balaban J connectivity index is 3.54. The molecule has 0 atom stereocenters. The van der Waals surface area contributed by atoms with Crippen molar-refractivity contribution in [2.24, 2.45) is 0 Å². The Morgan fingerprint density at radius 2 is 1.43 bits per heavy atom. The van der Waals surface area contributed by atoms with Gasteiger partial charge in [-0.2, -0.15) is 0 Å². The number of rotatable bonds is 1. The summed E-state index contributed by atoms with van der Waals surface area (Å²) in [7, 11) is 0. The minimum atomic E-state index is -3.39. The van der Waals surface area contributed by atoms with E-state index in [0.29, 0.717) is 0 Å². The first-order valence-corrected chi connectivity index (χ1v) is 2.05. The maximum absolute atomic E-state index is 11.3. The summed E-state index contributed by atoms with van der Waals surface area (Å²) in [6.45, 7) is 0. The second-order valence-electron chi connectivity index (χ2n) is 0.842. The molecule has 0 aromatic heterocycles. The highest BCUT2D eigenvalue weighted by Crippen LogP contribution is 2.29. The van der Waals surface area contributed by atoms with Gasteiger partial charge in [0.1, 0.15) is 0 Å². The fourth-order valence-electron chi connectivity index (χ4n) is 0. The van der Waals surface area contributed by atoms with Gasteiger partial charge in [-0.05, 0) is 0 Å². The second-order valence-corrected chi connectivity index (χ2v) is 2.14. The summed E-state index contributed by atoms with van der Waals surface area (Å²) in [4.78, 5) is 0. The minimum Gasteiger partial charge on any atom is -0.204 e. The van der Waals surface area contributed by atoms with Gasteiger partial charge >= 0.3 is 4.59 Å². The summed E-state index contributed by atoms with van der Waals surface area (Å²) < 4.78 is 29.7. The molecular weight excluding hydrogens is 152 g/mol. The van der Waals surface area contributed by atoms with Gasteiger partial charge in [0.2, 0.25) is 0 Å². The predicted octanol–water partition coefficient (Wildman–Crippen LogP) is 2.35. The topological polar surface area (TPSA) is 0 Å². The van der Waals surface area contributed by atoms with Gasteiger partial charge < -0.3 is 0 Å². The van der Waals surface area contributed by atoms with E-state index in [0.717, 1.165) is 0 Å². The molecule has 0 heterocycles. The Labute approximate surface area is 48.2 Å². The zero-order chi connectivity index (χ0) is 6.08. The van der Waals surface area contributed by atoms with Crippen molar-refractivity contribution in [1.29, 1.82) is 0 Å². The van der Waals surface area contributed by atoms with E-state index < -0.39 is 11.0 Å². The Hall–Kier alpha value is 0.370. The van der Waals surface area contributed by atoms with Gasteiger partial charge in [0.05, 0.1) is 0 Å². The van der Waals surface area contributed by atoms with Crippen LogP contribution in [0.1, 0.15) is 0 Å². The van der Waals surface area contributed by atoms with Crippen LogP contribution in [0.15, 0.2) is 0 Å². The van der Waals surface area contributed by atoms with Gasteiger partial charge in [-0.1, -0.05) is 23.2 Å². The van der Waals surface area contributed by atoms with Crippen molar-refractivity contribution in [3.05, 3.63) is 0 Å². The molecule has 0 aliphatic heterocycles. The summed E-state index contributed by atoms with van der Waals surface area (Å²) in [5.74, 6) is 0. The molecule has 0 amide bonds. The maximum Gasteiger partial charge on any atom is 0.317 e. The fourth-order valence-corrected chi connectivity index (χ4v) is 0. The van der Waals surface area contributed by atoms with Crippen LogP contribution >= 0.6 is 23.2 Å². The molecule has 0 fully saturated rings. The monoisotopic (exact) mass is 152 g/mol. The normalized spacial score (nSPS) is 12.9. The average Bonchev–Trinajstić information content (AvgIpc) is 1.31. The van der Waals surface area contributed by atoms with Gasteiger partial charge in [0, 0.05) is 0 Å². The summed E-state index contributed by atoms with van der Waals surface area (Å²) in [6, 6.07) is 0. The Morgan fingerprint density at radius 1 is 1.29 bits per heavy atom. The van der Waals surface area contributed by atoms with Crippen molar-refractivity contribution in [2.45, 2.75) is 11.0 Å². The molecule has 0 aliphatic carbocycles. The quantitative estimate of drug-likeness (QED) is 0.507. The van der Waals surface area contributed by atoms with Crippen molar-refractivity contribution >= 4 is 23.2 Å². The Morgan fingerprint density at radius 3 is 1.43 bits per heavy atom. The minimum absolute atomic E-state index is 3.34. The van der Waals surface area contributed by atoms with E-state index in [-0.39, 0.29) is 0 Å². The van der Waals surface area contributed by atoms with Gasteiger partial charge in [-0.25, -0.2) is 13.2 Å². The average molecular weight is 153 g/mol. The van der Waals surface area contributed by atoms with E-state index in [1.54, 1.807) is 0 Å². The standard InChI is InChI=1S/C2HCl2F3/c3-2(4,7)1(5)6/h1H. The van der Waals surface area contributed by atoms with Crippen LogP contribution < -0.4 is 0 Å². The molecular formula is C2HCl2F3. The predicted molar refractivity (Wildman–Crippen MR) is 21.5 cm³/mol. The fraction of sp³-hybridized carbons (Fsp3) is 1.00. The third-order valence-electron chi connectivity index (χ3n) is 0.247. The SMILES string of the molecule is FC(F)C(F)(Cl)Cl. The molecule has 0 aromatic carbocycles. The lowest BCUT2D eigenvalue weighted by Gasteiger charge is -2.04. The summed E-state index contributed by atoms with van der Waals surface area (Å²) in [6.07, 6.45) is -3.34. The molecule has 0 bridgehead atoms. The molecule has 0 saturated heterocycles. The lowest BCUT2D eigenvalue weighted by Crippen LogP contribution is -2.15. The molecule has 0 nitrogen and oxygen atoms in total. The van der Waals surface area contributed by atoms with Crippen LogP contribution in [0.2, 0.25) is 0 Å². The number of halogens is 5. The van der Waals surface area contributed by atoms with Crippen LogP contribution in [0.4, 0.5) is 13.2 Å². The third kappa shape index (κ3) is 3.00. The van der Waals surface area contributed by atoms with Gasteiger partial charge in [0.25, 0.3) is 6.43 Å². The largest absolute Gasteiger partial charge is 0.317 e. The van der Waals surface area contributed by atoms with Crippen molar-refractivity contribution in [3.8, 4) is 0 Å². The van der Waals surface area contributed by atoms with Crippen molar-refractivity contribution < 1.29 is 13.2 Å². The third-order valence-corrected chi connectivity index (χ3v) is 0.577. The molecule has 0 aliphatic rings. The zero-order valence-corrected chi connectivity index (χ0v) is 4.48. The Bertz CT molecular complexity index is 56.4. The van der Waals surface area contributed by atoms with E-state index in [1.807, 2.05) is 0 Å². The first kappa shape index (κ1) is 7.37. The van der Waals surface area contributed by atoms with Crippen LogP contribution in [0.3, 0.4) is 0 Å². The molecule has 5 heteroatoms.